The number of rotatable bonds is 0. The lowest BCUT2D eigenvalue weighted by molar-refractivity contribution is 0.171. The zero-order chi connectivity index (χ0) is 8.43. The highest BCUT2D eigenvalue weighted by Crippen LogP contribution is 2.10. The molecule has 0 unspecified atom stereocenters. The average molecular weight is 176 g/mol. The van der Waals surface area contributed by atoms with Crippen LogP contribution in [-0.2, 0) is 0 Å². The summed E-state index contributed by atoms with van der Waals surface area (Å²) in [6, 6.07) is -0.163. The van der Waals surface area contributed by atoms with E-state index < -0.39 is 0 Å². The summed E-state index contributed by atoms with van der Waals surface area (Å²) >= 11 is 5.73. The molecule has 0 radical (unpaired) electrons. The molecule has 62 valence electrons. The Morgan fingerprint density at radius 2 is 2.27 bits per heavy atom. The third-order valence-electron chi connectivity index (χ3n) is 1.49. The maximum absolute atomic E-state index is 11.2. The number of nitrogens with one attached hydrogen (secondary N) is 1. The molecule has 0 aromatic rings. The Balaban J connectivity index is 2.79. The largest absolute Gasteiger partial charge is 0.338 e. The lowest BCUT2D eigenvalue weighted by Gasteiger charge is -2.20. The SMILES string of the molecule is CN1NCC=C(Cl)N(C)C1=O. The van der Waals surface area contributed by atoms with Gasteiger partial charge in [0, 0.05) is 20.6 Å². The Morgan fingerprint density at radius 3 is 2.91 bits per heavy atom. The van der Waals surface area contributed by atoms with Gasteiger partial charge in [-0.15, -0.1) is 0 Å². The molecule has 1 aliphatic rings. The van der Waals surface area contributed by atoms with E-state index in [2.05, 4.69) is 5.43 Å². The highest BCUT2D eigenvalue weighted by atomic mass is 35.5. The van der Waals surface area contributed by atoms with Gasteiger partial charge in [-0.2, -0.15) is 0 Å². The minimum Gasteiger partial charge on any atom is -0.286 e. The zero-order valence-corrected chi connectivity index (χ0v) is 7.22. The Bertz CT molecular complexity index is 204. The van der Waals surface area contributed by atoms with Crippen LogP contribution in [0.5, 0.6) is 0 Å². The van der Waals surface area contributed by atoms with Crippen molar-refractivity contribution in [2.75, 3.05) is 20.6 Å². The molecule has 0 fully saturated rings. The van der Waals surface area contributed by atoms with Crippen molar-refractivity contribution in [1.29, 1.82) is 0 Å². The first-order valence-electron chi connectivity index (χ1n) is 3.23. The Labute approximate surface area is 70.4 Å². The van der Waals surface area contributed by atoms with E-state index >= 15 is 0 Å². The monoisotopic (exact) mass is 175 g/mol. The van der Waals surface area contributed by atoms with Gasteiger partial charge in [0.05, 0.1) is 0 Å². The van der Waals surface area contributed by atoms with Gasteiger partial charge in [-0.1, -0.05) is 11.6 Å². The number of carbonyl (C=O) groups is 1. The van der Waals surface area contributed by atoms with Crippen LogP contribution in [0, 0.1) is 0 Å². The number of hydrogen-bond acceptors (Lipinski definition) is 2. The lowest BCUT2D eigenvalue weighted by Crippen LogP contribution is -2.43. The molecular weight excluding hydrogens is 166 g/mol. The summed E-state index contributed by atoms with van der Waals surface area (Å²) < 4.78 is 0. The molecule has 2 amide bonds. The topological polar surface area (TPSA) is 35.6 Å². The number of urea groups is 1. The highest BCUT2D eigenvalue weighted by molar-refractivity contribution is 6.30. The summed E-state index contributed by atoms with van der Waals surface area (Å²) in [7, 11) is 3.28. The third-order valence-corrected chi connectivity index (χ3v) is 1.90. The van der Waals surface area contributed by atoms with Crippen molar-refractivity contribution in [2.24, 2.45) is 0 Å². The van der Waals surface area contributed by atoms with Crippen LogP contribution in [0.2, 0.25) is 0 Å². The lowest BCUT2D eigenvalue weighted by atomic mass is 10.6. The number of nitrogens with zero attached hydrogens (tertiary/aromatic N) is 2. The molecule has 0 aromatic heterocycles. The van der Waals surface area contributed by atoms with Gasteiger partial charge in [-0.25, -0.2) is 10.2 Å². The molecule has 0 saturated carbocycles. The van der Waals surface area contributed by atoms with E-state index in [0.29, 0.717) is 11.7 Å². The number of carbonyl (C=O) groups excluding carboxylic acids is 1. The van der Waals surface area contributed by atoms with Gasteiger partial charge in [0.25, 0.3) is 0 Å². The van der Waals surface area contributed by atoms with Gasteiger partial charge in [0.2, 0.25) is 0 Å². The zero-order valence-electron chi connectivity index (χ0n) is 6.47. The van der Waals surface area contributed by atoms with Crippen molar-refractivity contribution < 1.29 is 4.79 Å². The Hall–Kier alpha value is -0.740. The summed E-state index contributed by atoms with van der Waals surface area (Å²) in [5.74, 6) is 0. The Morgan fingerprint density at radius 1 is 1.64 bits per heavy atom. The van der Waals surface area contributed by atoms with Gasteiger partial charge >= 0.3 is 6.03 Å². The molecule has 1 aliphatic heterocycles. The fourth-order valence-corrected chi connectivity index (χ4v) is 0.937. The van der Waals surface area contributed by atoms with Crippen molar-refractivity contribution in [1.82, 2.24) is 15.3 Å². The fraction of sp³-hybridized carbons (Fsp3) is 0.500. The summed E-state index contributed by atoms with van der Waals surface area (Å²) in [6.07, 6.45) is 1.74. The highest BCUT2D eigenvalue weighted by Gasteiger charge is 2.18. The molecule has 1 rings (SSSR count). The fourth-order valence-electron chi connectivity index (χ4n) is 0.788. The second-order valence-corrected chi connectivity index (χ2v) is 2.68. The number of amides is 2. The summed E-state index contributed by atoms with van der Waals surface area (Å²) in [6.45, 7) is 0.575. The maximum atomic E-state index is 11.2. The predicted octanol–water partition coefficient (Wildman–Crippen LogP) is 0.568. The number of halogens is 1. The number of hydrogen-bond donors (Lipinski definition) is 1. The average Bonchev–Trinajstić information content (AvgIpc) is 2.07. The third kappa shape index (κ3) is 1.64. The standard InChI is InChI=1S/C6H10ClN3O/c1-9-5(7)3-4-8-10(2)6(9)11/h3,8H,4H2,1-2H3. The van der Waals surface area contributed by atoms with E-state index in [9.17, 15) is 4.79 Å². The molecule has 0 bridgehead atoms. The minimum atomic E-state index is -0.163. The van der Waals surface area contributed by atoms with Crippen LogP contribution in [0.3, 0.4) is 0 Å². The van der Waals surface area contributed by atoms with Gasteiger partial charge in [0.1, 0.15) is 5.16 Å². The van der Waals surface area contributed by atoms with E-state index in [0.717, 1.165) is 0 Å². The second kappa shape index (κ2) is 3.11. The van der Waals surface area contributed by atoms with Gasteiger partial charge in [-0.05, 0) is 6.08 Å². The first-order valence-corrected chi connectivity index (χ1v) is 3.61. The van der Waals surface area contributed by atoms with Crippen molar-refractivity contribution in [2.45, 2.75) is 0 Å². The molecule has 5 heteroatoms. The van der Waals surface area contributed by atoms with Crippen LogP contribution in [0.15, 0.2) is 11.2 Å². The van der Waals surface area contributed by atoms with Gasteiger partial charge in [0.15, 0.2) is 0 Å². The van der Waals surface area contributed by atoms with E-state index in [1.54, 1.807) is 20.2 Å². The molecule has 0 aliphatic carbocycles. The van der Waals surface area contributed by atoms with E-state index in [1.807, 2.05) is 0 Å². The molecule has 11 heavy (non-hydrogen) atoms. The molecule has 1 heterocycles. The maximum Gasteiger partial charge on any atom is 0.338 e. The first kappa shape index (κ1) is 8.36. The molecule has 0 aromatic carbocycles. The molecule has 1 N–H and O–H groups in total. The van der Waals surface area contributed by atoms with E-state index in [1.165, 1.54) is 9.91 Å². The molecule has 0 spiro atoms. The van der Waals surface area contributed by atoms with Crippen molar-refractivity contribution >= 4 is 17.6 Å². The minimum absolute atomic E-state index is 0.163. The van der Waals surface area contributed by atoms with Crippen molar-refractivity contribution in [3.8, 4) is 0 Å². The molecule has 0 atom stereocenters. The first-order chi connectivity index (χ1) is 5.13. The van der Waals surface area contributed by atoms with Crippen molar-refractivity contribution in [3.63, 3.8) is 0 Å². The molecular formula is C6H10ClN3O. The molecule has 0 saturated heterocycles. The normalized spacial score (nSPS) is 19.9. The smallest absolute Gasteiger partial charge is 0.286 e. The predicted molar refractivity (Wildman–Crippen MR) is 42.9 cm³/mol. The summed E-state index contributed by atoms with van der Waals surface area (Å²) in [5, 5.41) is 1.85. The molecule has 4 nitrogen and oxygen atoms in total. The number of hydrazine groups is 1. The Kier molecular flexibility index (Phi) is 2.36. The van der Waals surface area contributed by atoms with Gasteiger partial charge in [-0.3, -0.25) is 9.91 Å². The summed E-state index contributed by atoms with van der Waals surface area (Å²) in [5.41, 5.74) is 2.84. The van der Waals surface area contributed by atoms with Crippen LogP contribution < -0.4 is 5.43 Å². The summed E-state index contributed by atoms with van der Waals surface area (Å²) in [4.78, 5) is 12.6. The van der Waals surface area contributed by atoms with Crippen molar-refractivity contribution in [3.05, 3.63) is 11.2 Å². The van der Waals surface area contributed by atoms with Crippen LogP contribution in [0.1, 0.15) is 0 Å². The van der Waals surface area contributed by atoms with Crippen LogP contribution in [0.25, 0.3) is 0 Å². The van der Waals surface area contributed by atoms with Gasteiger partial charge < -0.3 is 0 Å². The van der Waals surface area contributed by atoms with Crippen LogP contribution in [-0.4, -0.2) is 36.6 Å². The second-order valence-electron chi connectivity index (χ2n) is 2.29. The van der Waals surface area contributed by atoms with E-state index in [4.69, 9.17) is 11.6 Å². The van der Waals surface area contributed by atoms with E-state index in [-0.39, 0.29) is 6.03 Å². The van der Waals surface area contributed by atoms with Crippen LogP contribution >= 0.6 is 11.6 Å². The quantitative estimate of drug-likeness (QED) is 0.547. The van der Waals surface area contributed by atoms with Crippen LogP contribution in [0.4, 0.5) is 4.79 Å².